The molecule has 0 unspecified atom stereocenters. The normalized spacial score (nSPS) is 17.5. The van der Waals surface area contributed by atoms with Crippen molar-refractivity contribution in [3.05, 3.63) is 0 Å². The maximum Gasteiger partial charge on any atom is 0.312 e. The lowest BCUT2D eigenvalue weighted by Crippen LogP contribution is -2.54. The number of hydrogen-bond acceptors (Lipinski definition) is 3. The summed E-state index contributed by atoms with van der Waals surface area (Å²) in [6.45, 7) is 5.39. The largest absolute Gasteiger partial charge is 0.333 e. The summed E-state index contributed by atoms with van der Waals surface area (Å²) >= 11 is 0. The summed E-state index contributed by atoms with van der Waals surface area (Å²) in [4.78, 5) is 26.4. The van der Waals surface area contributed by atoms with Crippen LogP contribution in [-0.2, 0) is 9.59 Å². The summed E-state index contributed by atoms with van der Waals surface area (Å²) in [5, 5.41) is 3.02. The molecule has 5 heteroatoms. The second-order valence-electron chi connectivity index (χ2n) is 3.63. The van der Waals surface area contributed by atoms with Gasteiger partial charge in [0.05, 0.1) is 0 Å². The van der Waals surface area contributed by atoms with Gasteiger partial charge in [-0.15, -0.1) is 0 Å². The predicted octanol–water partition coefficient (Wildman–Crippen LogP) is -0.713. The van der Waals surface area contributed by atoms with Gasteiger partial charge >= 0.3 is 11.8 Å². The summed E-state index contributed by atoms with van der Waals surface area (Å²) in [5.74, 6) is -0.701. The monoisotopic (exact) mass is 213 g/mol. The number of hydrogen-bond donors (Lipinski definition) is 1. The Labute approximate surface area is 90.4 Å². The second kappa shape index (κ2) is 5.70. The highest BCUT2D eigenvalue weighted by Crippen LogP contribution is 2.04. The third-order valence-electron chi connectivity index (χ3n) is 2.63. The third kappa shape index (κ3) is 2.92. The Hall–Kier alpha value is -1.10. The van der Waals surface area contributed by atoms with Gasteiger partial charge in [-0.3, -0.25) is 9.59 Å². The number of nitrogens with one attached hydrogen (secondary N) is 1. The number of amides is 2. The summed E-state index contributed by atoms with van der Waals surface area (Å²) in [7, 11) is 1.88. The number of carbonyl (C=O) groups is 2. The van der Waals surface area contributed by atoms with Crippen molar-refractivity contribution in [2.75, 3.05) is 39.8 Å². The molecule has 2 amide bonds. The molecule has 5 nitrogen and oxygen atoms in total. The molecule has 1 saturated heterocycles. The van der Waals surface area contributed by atoms with Crippen LogP contribution in [0.2, 0.25) is 0 Å². The molecule has 1 aliphatic heterocycles. The molecule has 15 heavy (non-hydrogen) atoms. The molecule has 0 saturated carbocycles. The van der Waals surface area contributed by atoms with E-state index in [0.29, 0.717) is 26.2 Å². The van der Waals surface area contributed by atoms with E-state index < -0.39 is 0 Å². The van der Waals surface area contributed by atoms with Crippen LogP contribution in [0.1, 0.15) is 13.3 Å². The van der Waals surface area contributed by atoms with Gasteiger partial charge in [0.2, 0.25) is 0 Å². The Balaban J connectivity index is 2.42. The molecule has 0 radical (unpaired) electrons. The topological polar surface area (TPSA) is 52.6 Å². The molecule has 1 rings (SSSR count). The Kier molecular flexibility index (Phi) is 4.55. The average Bonchev–Trinajstić information content (AvgIpc) is 2.25. The quantitative estimate of drug-likeness (QED) is 0.485. The third-order valence-corrected chi connectivity index (χ3v) is 2.63. The predicted molar refractivity (Wildman–Crippen MR) is 57.4 cm³/mol. The molecule has 1 N–H and O–H groups in total. The van der Waals surface area contributed by atoms with Gasteiger partial charge in [0.15, 0.2) is 0 Å². The van der Waals surface area contributed by atoms with E-state index in [2.05, 4.69) is 5.32 Å². The zero-order valence-electron chi connectivity index (χ0n) is 9.45. The molecule has 86 valence electrons. The number of piperazine rings is 1. The molecule has 1 fully saturated rings. The van der Waals surface area contributed by atoms with Crippen LogP contribution in [0.15, 0.2) is 0 Å². The number of rotatable bonds is 5. The molecule has 0 bridgehead atoms. The Morgan fingerprint density at radius 1 is 1.20 bits per heavy atom. The van der Waals surface area contributed by atoms with Gasteiger partial charge < -0.3 is 15.1 Å². The highest BCUT2D eigenvalue weighted by molar-refractivity contribution is 6.35. The van der Waals surface area contributed by atoms with Crippen molar-refractivity contribution < 1.29 is 9.59 Å². The van der Waals surface area contributed by atoms with E-state index >= 15 is 0 Å². The Morgan fingerprint density at radius 3 is 2.40 bits per heavy atom. The molecule has 0 aromatic rings. The SMILES string of the molecule is CCN1CCN(CCCNC)C(=O)C1=O. The van der Waals surface area contributed by atoms with E-state index in [1.54, 1.807) is 9.80 Å². The van der Waals surface area contributed by atoms with Crippen LogP contribution in [0.5, 0.6) is 0 Å². The summed E-state index contributed by atoms with van der Waals surface area (Å²) in [6.07, 6.45) is 0.891. The molecule has 0 spiro atoms. The Morgan fingerprint density at radius 2 is 1.80 bits per heavy atom. The minimum absolute atomic E-state index is 0.348. The first kappa shape index (κ1) is 12.0. The number of nitrogens with zero attached hydrogens (tertiary/aromatic N) is 2. The van der Waals surface area contributed by atoms with Gasteiger partial charge in [-0.2, -0.15) is 0 Å². The van der Waals surface area contributed by atoms with Crippen LogP contribution in [0.25, 0.3) is 0 Å². The van der Waals surface area contributed by atoms with Crippen molar-refractivity contribution in [3.8, 4) is 0 Å². The second-order valence-corrected chi connectivity index (χ2v) is 3.63. The van der Waals surface area contributed by atoms with Gasteiger partial charge in [0.25, 0.3) is 0 Å². The molecule has 1 heterocycles. The summed E-state index contributed by atoms with van der Waals surface area (Å²) < 4.78 is 0. The molecular formula is C10H19N3O2. The van der Waals surface area contributed by atoms with E-state index in [1.807, 2.05) is 14.0 Å². The lowest BCUT2D eigenvalue weighted by Gasteiger charge is -2.33. The molecular weight excluding hydrogens is 194 g/mol. The van der Waals surface area contributed by atoms with Crippen LogP contribution in [-0.4, -0.2) is 61.4 Å². The van der Waals surface area contributed by atoms with Gasteiger partial charge in [-0.25, -0.2) is 0 Å². The highest BCUT2D eigenvalue weighted by Gasteiger charge is 2.30. The van der Waals surface area contributed by atoms with Gasteiger partial charge in [-0.1, -0.05) is 0 Å². The maximum atomic E-state index is 11.6. The van der Waals surface area contributed by atoms with Gasteiger partial charge in [-0.05, 0) is 26.9 Å². The van der Waals surface area contributed by atoms with Crippen LogP contribution >= 0.6 is 0 Å². The highest BCUT2D eigenvalue weighted by atomic mass is 16.2. The fraction of sp³-hybridized carbons (Fsp3) is 0.800. The van der Waals surface area contributed by atoms with Crippen molar-refractivity contribution >= 4 is 11.8 Å². The van der Waals surface area contributed by atoms with Crippen LogP contribution in [0.3, 0.4) is 0 Å². The minimum Gasteiger partial charge on any atom is -0.333 e. The van der Waals surface area contributed by atoms with E-state index in [0.717, 1.165) is 13.0 Å². The van der Waals surface area contributed by atoms with Crippen LogP contribution < -0.4 is 5.32 Å². The summed E-state index contributed by atoms with van der Waals surface area (Å²) in [6, 6.07) is 0. The van der Waals surface area contributed by atoms with E-state index in [-0.39, 0.29) is 11.8 Å². The van der Waals surface area contributed by atoms with Crippen molar-refractivity contribution in [2.45, 2.75) is 13.3 Å². The smallest absolute Gasteiger partial charge is 0.312 e. The fourth-order valence-electron chi connectivity index (χ4n) is 1.68. The standard InChI is InChI=1S/C10H19N3O2/c1-3-12-7-8-13(6-4-5-11-2)10(15)9(12)14/h11H,3-8H2,1-2H3. The van der Waals surface area contributed by atoms with E-state index in [4.69, 9.17) is 0 Å². The molecule has 0 aromatic carbocycles. The molecule has 0 atom stereocenters. The fourth-order valence-corrected chi connectivity index (χ4v) is 1.68. The van der Waals surface area contributed by atoms with Crippen molar-refractivity contribution in [1.29, 1.82) is 0 Å². The van der Waals surface area contributed by atoms with Crippen molar-refractivity contribution in [1.82, 2.24) is 15.1 Å². The maximum absolute atomic E-state index is 11.6. The van der Waals surface area contributed by atoms with Crippen molar-refractivity contribution in [3.63, 3.8) is 0 Å². The lowest BCUT2D eigenvalue weighted by atomic mass is 10.2. The lowest BCUT2D eigenvalue weighted by molar-refractivity contribution is -0.155. The van der Waals surface area contributed by atoms with Gasteiger partial charge in [0.1, 0.15) is 0 Å². The first-order valence-corrected chi connectivity index (χ1v) is 5.43. The molecule has 0 aromatic heterocycles. The average molecular weight is 213 g/mol. The number of carbonyl (C=O) groups excluding carboxylic acids is 2. The van der Waals surface area contributed by atoms with Crippen LogP contribution in [0, 0.1) is 0 Å². The first-order valence-electron chi connectivity index (χ1n) is 5.43. The summed E-state index contributed by atoms with van der Waals surface area (Å²) in [5.41, 5.74) is 0. The zero-order valence-corrected chi connectivity index (χ0v) is 9.45. The van der Waals surface area contributed by atoms with E-state index in [1.165, 1.54) is 0 Å². The molecule has 1 aliphatic rings. The van der Waals surface area contributed by atoms with Crippen molar-refractivity contribution in [2.24, 2.45) is 0 Å². The number of likely N-dealkylation sites (N-methyl/N-ethyl adjacent to an activating group) is 1. The van der Waals surface area contributed by atoms with Crippen LogP contribution in [0.4, 0.5) is 0 Å². The zero-order chi connectivity index (χ0) is 11.3. The van der Waals surface area contributed by atoms with Gasteiger partial charge in [0, 0.05) is 26.2 Å². The first-order chi connectivity index (χ1) is 7.20. The van der Waals surface area contributed by atoms with E-state index in [9.17, 15) is 9.59 Å². The Bertz CT molecular complexity index is 241. The minimum atomic E-state index is -0.354. The molecule has 0 aliphatic carbocycles.